The van der Waals surface area contributed by atoms with Crippen LogP contribution in [0.15, 0.2) is 0 Å². The van der Waals surface area contributed by atoms with Crippen molar-refractivity contribution in [3.05, 3.63) is 0 Å². The largest absolute Gasteiger partial charge is 0.393 e. The molecule has 4 rings (SSSR count). The maximum atomic E-state index is 10.6. The van der Waals surface area contributed by atoms with Gasteiger partial charge in [0.1, 0.15) is 0 Å². The lowest BCUT2D eigenvalue weighted by Gasteiger charge is -2.62. The fourth-order valence-corrected chi connectivity index (χ4v) is 7.48. The number of aliphatic hydroxyl groups excluding tert-OH is 2. The van der Waals surface area contributed by atoms with Gasteiger partial charge in [0, 0.05) is 7.11 Å². The molecule has 23 heavy (non-hydrogen) atoms. The van der Waals surface area contributed by atoms with E-state index in [0.717, 1.165) is 38.0 Å². The van der Waals surface area contributed by atoms with Crippen LogP contribution < -0.4 is 0 Å². The van der Waals surface area contributed by atoms with Gasteiger partial charge in [-0.15, -0.1) is 0 Å². The normalized spacial score (nSPS) is 59.1. The Morgan fingerprint density at radius 2 is 1.52 bits per heavy atom. The van der Waals surface area contributed by atoms with Gasteiger partial charge in [-0.25, -0.2) is 0 Å². The van der Waals surface area contributed by atoms with Crippen molar-refractivity contribution in [1.82, 2.24) is 0 Å². The molecule has 0 aliphatic heterocycles. The van der Waals surface area contributed by atoms with Crippen LogP contribution >= 0.6 is 0 Å². The van der Waals surface area contributed by atoms with Crippen molar-refractivity contribution < 1.29 is 14.9 Å². The summed E-state index contributed by atoms with van der Waals surface area (Å²) >= 11 is 0. The lowest BCUT2D eigenvalue weighted by Crippen LogP contribution is -2.58. The molecule has 4 aliphatic carbocycles. The molecule has 0 aromatic carbocycles. The Hall–Kier alpha value is -0.120. The summed E-state index contributed by atoms with van der Waals surface area (Å²) in [6, 6.07) is 0. The summed E-state index contributed by atoms with van der Waals surface area (Å²) in [5.41, 5.74) is 0.453. The van der Waals surface area contributed by atoms with Crippen LogP contribution in [0.25, 0.3) is 0 Å². The number of methoxy groups -OCH3 is 1. The summed E-state index contributed by atoms with van der Waals surface area (Å²) in [5, 5.41) is 20.8. The van der Waals surface area contributed by atoms with E-state index in [9.17, 15) is 10.2 Å². The summed E-state index contributed by atoms with van der Waals surface area (Å²) in [4.78, 5) is 0. The van der Waals surface area contributed by atoms with Crippen molar-refractivity contribution in [3.8, 4) is 0 Å². The Kier molecular flexibility index (Phi) is 3.87. The highest BCUT2D eigenvalue weighted by Crippen LogP contribution is 2.66. The zero-order chi connectivity index (χ0) is 16.4. The molecule has 132 valence electrons. The second-order valence-corrected chi connectivity index (χ2v) is 9.56. The molecule has 0 aromatic heterocycles. The van der Waals surface area contributed by atoms with Crippen LogP contribution in [0.5, 0.6) is 0 Å². The molecule has 4 fully saturated rings. The quantitative estimate of drug-likeness (QED) is 0.778. The molecule has 2 N–H and O–H groups in total. The Labute approximate surface area is 140 Å². The van der Waals surface area contributed by atoms with Gasteiger partial charge in [0.2, 0.25) is 0 Å². The number of hydrogen-bond donors (Lipinski definition) is 2. The lowest BCUT2D eigenvalue weighted by atomic mass is 9.44. The molecule has 0 amide bonds. The third-order valence-electron chi connectivity index (χ3n) is 8.88. The first kappa shape index (κ1) is 16.4. The fourth-order valence-electron chi connectivity index (χ4n) is 7.48. The summed E-state index contributed by atoms with van der Waals surface area (Å²) in [6.07, 6.45) is 8.83. The van der Waals surface area contributed by atoms with E-state index in [4.69, 9.17) is 4.74 Å². The first-order valence-corrected chi connectivity index (χ1v) is 9.79. The van der Waals surface area contributed by atoms with E-state index in [-0.39, 0.29) is 23.7 Å². The number of rotatable bonds is 1. The SMILES string of the molecule is COC1C[C@@H]2[C@H](CC[C@]3(C)[C@@H](O)CC[C@@H]23)[C@@]2(C)CC[C@H](O)C[C@H]12. The first-order chi connectivity index (χ1) is 10.9. The van der Waals surface area contributed by atoms with Gasteiger partial charge >= 0.3 is 0 Å². The molecule has 0 aromatic rings. The molecule has 0 radical (unpaired) electrons. The molecule has 4 aliphatic rings. The van der Waals surface area contributed by atoms with Gasteiger partial charge in [-0.05, 0) is 85.9 Å². The van der Waals surface area contributed by atoms with Crippen LogP contribution in [0, 0.1) is 34.5 Å². The number of aliphatic hydroxyl groups is 2. The fraction of sp³-hybridized carbons (Fsp3) is 1.00. The van der Waals surface area contributed by atoms with Crippen LogP contribution in [-0.2, 0) is 4.74 Å². The summed E-state index contributed by atoms with van der Waals surface area (Å²) in [6.45, 7) is 4.83. The predicted molar refractivity (Wildman–Crippen MR) is 89.9 cm³/mol. The minimum absolute atomic E-state index is 0.104. The highest BCUT2D eigenvalue weighted by atomic mass is 16.5. The molecule has 9 atom stereocenters. The summed E-state index contributed by atoms with van der Waals surface area (Å²) < 4.78 is 5.96. The molecule has 0 saturated heterocycles. The molecule has 0 bridgehead atoms. The zero-order valence-electron chi connectivity index (χ0n) is 15.0. The number of ether oxygens (including phenoxy) is 1. The highest BCUT2D eigenvalue weighted by molar-refractivity contribution is 5.11. The molecule has 0 spiro atoms. The first-order valence-electron chi connectivity index (χ1n) is 9.79. The Balaban J connectivity index is 1.68. The second-order valence-electron chi connectivity index (χ2n) is 9.56. The van der Waals surface area contributed by atoms with Crippen LogP contribution in [0.2, 0.25) is 0 Å². The van der Waals surface area contributed by atoms with E-state index in [2.05, 4.69) is 13.8 Å². The van der Waals surface area contributed by atoms with Crippen molar-refractivity contribution in [2.45, 2.75) is 83.5 Å². The smallest absolute Gasteiger partial charge is 0.0608 e. The zero-order valence-corrected chi connectivity index (χ0v) is 15.0. The van der Waals surface area contributed by atoms with Gasteiger partial charge in [-0.3, -0.25) is 0 Å². The molecule has 1 unspecified atom stereocenters. The van der Waals surface area contributed by atoms with Gasteiger partial charge in [-0.1, -0.05) is 13.8 Å². The van der Waals surface area contributed by atoms with Gasteiger partial charge in [0.25, 0.3) is 0 Å². The molecule has 3 nitrogen and oxygen atoms in total. The van der Waals surface area contributed by atoms with Crippen LogP contribution in [0.3, 0.4) is 0 Å². The average molecular weight is 322 g/mol. The summed E-state index contributed by atoms with van der Waals surface area (Å²) in [7, 11) is 1.86. The van der Waals surface area contributed by atoms with Crippen molar-refractivity contribution in [3.63, 3.8) is 0 Å². The summed E-state index contributed by atoms with van der Waals surface area (Å²) in [5.74, 6) is 2.63. The Bertz CT molecular complexity index is 466. The van der Waals surface area contributed by atoms with Gasteiger partial charge in [0.05, 0.1) is 18.3 Å². The molecular weight excluding hydrogens is 288 g/mol. The monoisotopic (exact) mass is 322 g/mol. The third kappa shape index (κ3) is 2.19. The minimum atomic E-state index is -0.135. The minimum Gasteiger partial charge on any atom is -0.393 e. The van der Waals surface area contributed by atoms with Crippen molar-refractivity contribution in [2.75, 3.05) is 7.11 Å². The topological polar surface area (TPSA) is 49.7 Å². The van der Waals surface area contributed by atoms with Gasteiger partial charge in [0.15, 0.2) is 0 Å². The van der Waals surface area contributed by atoms with Crippen molar-refractivity contribution in [2.24, 2.45) is 34.5 Å². The second kappa shape index (κ2) is 5.44. The van der Waals surface area contributed by atoms with Crippen molar-refractivity contribution in [1.29, 1.82) is 0 Å². The molecule has 3 heteroatoms. The standard InChI is InChI=1S/C20H34O3/c1-19-8-6-12(21)10-16(19)17(23-3)11-13-14-4-5-18(22)20(14,2)9-7-15(13)19/h12-18,21-22H,4-11H2,1-3H3/t12-,13-,14-,15-,16+,17?,18-,19+,20-/m0/s1. The van der Waals surface area contributed by atoms with E-state index < -0.39 is 0 Å². The Morgan fingerprint density at radius 1 is 0.826 bits per heavy atom. The van der Waals surface area contributed by atoms with E-state index >= 15 is 0 Å². The predicted octanol–water partition coefficient (Wildman–Crippen LogP) is 3.38. The van der Waals surface area contributed by atoms with E-state index in [0.29, 0.717) is 23.2 Å². The van der Waals surface area contributed by atoms with Crippen LogP contribution in [0.4, 0.5) is 0 Å². The maximum Gasteiger partial charge on any atom is 0.0608 e. The number of fused-ring (bicyclic) bond motifs is 5. The highest BCUT2D eigenvalue weighted by Gasteiger charge is 2.62. The van der Waals surface area contributed by atoms with Gasteiger partial charge < -0.3 is 14.9 Å². The molecular formula is C20H34O3. The van der Waals surface area contributed by atoms with E-state index in [1.54, 1.807) is 0 Å². The molecule has 0 heterocycles. The third-order valence-corrected chi connectivity index (χ3v) is 8.88. The Morgan fingerprint density at radius 3 is 2.26 bits per heavy atom. The van der Waals surface area contributed by atoms with Crippen LogP contribution in [0.1, 0.15) is 65.2 Å². The maximum absolute atomic E-state index is 10.6. The average Bonchev–Trinajstić information content (AvgIpc) is 2.83. The van der Waals surface area contributed by atoms with E-state index in [1.807, 2.05) is 7.11 Å². The van der Waals surface area contributed by atoms with E-state index in [1.165, 1.54) is 19.3 Å². The lowest BCUT2D eigenvalue weighted by molar-refractivity contribution is -0.181. The molecule has 4 saturated carbocycles. The number of hydrogen-bond acceptors (Lipinski definition) is 3. The van der Waals surface area contributed by atoms with Crippen LogP contribution in [-0.4, -0.2) is 35.6 Å². The van der Waals surface area contributed by atoms with Crippen molar-refractivity contribution >= 4 is 0 Å². The van der Waals surface area contributed by atoms with Gasteiger partial charge in [-0.2, -0.15) is 0 Å².